The summed E-state index contributed by atoms with van der Waals surface area (Å²) >= 11 is -1.67. The summed E-state index contributed by atoms with van der Waals surface area (Å²) in [6.45, 7) is 7.27. The van der Waals surface area contributed by atoms with Gasteiger partial charge in [0.05, 0.1) is 37.2 Å². The highest BCUT2D eigenvalue weighted by atomic mass is 32.2. The summed E-state index contributed by atoms with van der Waals surface area (Å²) in [5, 5.41) is 30.4. The number of tetrazole rings is 1. The number of carboxylic acids is 1. The highest BCUT2D eigenvalue weighted by Gasteiger charge is 2.39. The van der Waals surface area contributed by atoms with Crippen molar-refractivity contribution in [1.82, 2.24) is 41.3 Å². The standard InChI is InChI=1S/C29H48N8O11S/c1-28(2,26-33-36-37-34-26)19-29(3,4)27(45)35-49(46)16-6-8-22(40)30-11-13-47-14-15-48-18-24(42)32-21(25(43)44)9-10-23(41)31-20(17-39)7-5-12-38/h12,17,20-21H,5-11,13-16,18-19H2,1-4H3,(H,30,40)(H,31,41)(H,32,42)(H,35,45)(H,43,44)(H,33,34,36,37). The molecule has 276 valence electrons. The van der Waals surface area contributed by atoms with E-state index in [1.807, 2.05) is 13.8 Å². The molecule has 0 saturated heterocycles. The first-order valence-corrected chi connectivity index (χ1v) is 17.0. The Balaban J connectivity index is 2.17. The molecule has 49 heavy (non-hydrogen) atoms. The molecule has 1 heterocycles. The normalized spacial score (nSPS) is 13.4. The van der Waals surface area contributed by atoms with Gasteiger partial charge in [-0.05, 0) is 29.7 Å². The van der Waals surface area contributed by atoms with E-state index in [0.717, 1.165) is 0 Å². The van der Waals surface area contributed by atoms with Gasteiger partial charge >= 0.3 is 5.97 Å². The quantitative estimate of drug-likeness (QED) is 0.0348. The van der Waals surface area contributed by atoms with E-state index in [4.69, 9.17) is 9.47 Å². The van der Waals surface area contributed by atoms with E-state index >= 15 is 0 Å². The van der Waals surface area contributed by atoms with Crippen molar-refractivity contribution in [2.24, 2.45) is 5.41 Å². The average molecular weight is 717 g/mol. The number of carbonyl (C=O) groups excluding carboxylic acids is 6. The van der Waals surface area contributed by atoms with Crippen LogP contribution in [0.1, 0.15) is 78.5 Å². The molecule has 6 N–H and O–H groups in total. The largest absolute Gasteiger partial charge is 0.593 e. The van der Waals surface area contributed by atoms with Crippen molar-refractivity contribution in [3.05, 3.63) is 5.82 Å². The number of amides is 4. The molecule has 0 saturated carbocycles. The number of hydrogen-bond donors (Lipinski definition) is 6. The second kappa shape index (κ2) is 22.6. The Bertz CT molecular complexity index is 1220. The molecule has 0 fully saturated rings. The molecular formula is C29H48N8O11S. The Labute approximate surface area is 287 Å². The lowest BCUT2D eigenvalue weighted by atomic mass is 9.74. The highest BCUT2D eigenvalue weighted by molar-refractivity contribution is 7.90. The molecule has 1 aromatic heterocycles. The van der Waals surface area contributed by atoms with E-state index in [1.54, 1.807) is 13.8 Å². The molecule has 3 unspecified atom stereocenters. The number of H-pyrrole nitrogens is 1. The molecule has 19 nitrogen and oxygen atoms in total. The number of aldehydes is 2. The van der Waals surface area contributed by atoms with Crippen LogP contribution in [0.2, 0.25) is 0 Å². The summed E-state index contributed by atoms with van der Waals surface area (Å²) in [5.41, 5.74) is -1.39. The first kappa shape index (κ1) is 43.0. The molecule has 3 atom stereocenters. The van der Waals surface area contributed by atoms with Crippen molar-refractivity contribution in [2.75, 3.05) is 38.7 Å². The van der Waals surface area contributed by atoms with Gasteiger partial charge in [-0.1, -0.05) is 27.7 Å². The first-order chi connectivity index (χ1) is 23.1. The van der Waals surface area contributed by atoms with Crippen LogP contribution >= 0.6 is 0 Å². The molecular weight excluding hydrogens is 668 g/mol. The summed E-state index contributed by atoms with van der Waals surface area (Å²) in [6, 6.07) is -2.22. The van der Waals surface area contributed by atoms with E-state index in [0.29, 0.717) is 24.8 Å². The maximum atomic E-state index is 12.8. The third-order valence-electron chi connectivity index (χ3n) is 7.00. The van der Waals surface area contributed by atoms with Crippen LogP contribution in [-0.2, 0) is 59.8 Å². The van der Waals surface area contributed by atoms with Crippen molar-refractivity contribution in [3.63, 3.8) is 0 Å². The Hall–Kier alpha value is -4.01. The van der Waals surface area contributed by atoms with Crippen molar-refractivity contribution in [2.45, 2.75) is 90.1 Å². The van der Waals surface area contributed by atoms with Crippen molar-refractivity contribution < 1.29 is 52.7 Å². The molecule has 0 aliphatic rings. The van der Waals surface area contributed by atoms with Crippen LogP contribution in [0.4, 0.5) is 0 Å². The minimum Gasteiger partial charge on any atom is -0.593 e. The predicted molar refractivity (Wildman–Crippen MR) is 173 cm³/mol. The van der Waals surface area contributed by atoms with Gasteiger partial charge in [-0.2, -0.15) is 4.72 Å². The lowest BCUT2D eigenvalue weighted by Crippen LogP contribution is -2.44. The number of carboxylic acid groups (broad SMARTS) is 1. The minimum atomic E-state index is -1.67. The zero-order chi connectivity index (χ0) is 36.9. The number of aromatic amines is 1. The number of carbonyl (C=O) groups is 7. The van der Waals surface area contributed by atoms with Crippen LogP contribution in [0, 0.1) is 5.41 Å². The fourth-order valence-corrected chi connectivity index (χ4v) is 5.57. The molecule has 0 aliphatic carbocycles. The number of ether oxygens (including phenoxy) is 2. The number of rotatable bonds is 27. The van der Waals surface area contributed by atoms with Gasteiger partial charge in [-0.25, -0.2) is 9.89 Å². The van der Waals surface area contributed by atoms with E-state index in [1.165, 1.54) is 0 Å². The maximum absolute atomic E-state index is 12.8. The summed E-state index contributed by atoms with van der Waals surface area (Å²) < 4.78 is 25.4. The van der Waals surface area contributed by atoms with E-state index < -0.39 is 64.6 Å². The van der Waals surface area contributed by atoms with Gasteiger partial charge in [0.1, 0.15) is 31.0 Å². The Morgan fingerprint density at radius 3 is 2.33 bits per heavy atom. The maximum Gasteiger partial charge on any atom is 0.326 e. The van der Waals surface area contributed by atoms with Crippen LogP contribution in [-0.4, -0.2) is 123 Å². The third kappa shape index (κ3) is 18.4. The number of nitrogens with zero attached hydrogens (tertiary/aromatic N) is 3. The van der Waals surface area contributed by atoms with Gasteiger partial charge in [-0.15, -0.1) is 5.10 Å². The van der Waals surface area contributed by atoms with Crippen molar-refractivity contribution in [3.8, 4) is 0 Å². The molecule has 0 radical (unpaired) electrons. The van der Waals surface area contributed by atoms with Crippen LogP contribution in [0.5, 0.6) is 0 Å². The van der Waals surface area contributed by atoms with Gasteiger partial charge < -0.3 is 44.7 Å². The number of nitrogens with one attached hydrogen (secondary N) is 5. The van der Waals surface area contributed by atoms with Crippen molar-refractivity contribution in [1.29, 1.82) is 0 Å². The summed E-state index contributed by atoms with van der Waals surface area (Å²) in [5.74, 6) is -2.70. The minimum absolute atomic E-state index is 0.0124. The summed E-state index contributed by atoms with van der Waals surface area (Å²) in [4.78, 5) is 81.7. The summed E-state index contributed by atoms with van der Waals surface area (Å²) in [6.07, 6.45) is 1.58. The molecule has 0 aliphatic heterocycles. The Kier molecular flexibility index (Phi) is 19.8. The molecule has 1 rings (SSSR count). The van der Waals surface area contributed by atoms with Gasteiger partial charge in [-0.3, -0.25) is 19.2 Å². The predicted octanol–water partition coefficient (Wildman–Crippen LogP) is -1.38. The lowest BCUT2D eigenvalue weighted by Gasteiger charge is -2.31. The number of aromatic nitrogens is 4. The smallest absolute Gasteiger partial charge is 0.326 e. The number of aliphatic carboxylic acids is 1. The topological polar surface area (TPSA) is 284 Å². The van der Waals surface area contributed by atoms with Gasteiger partial charge in [0.2, 0.25) is 17.7 Å². The average Bonchev–Trinajstić information content (AvgIpc) is 3.58. The first-order valence-electron chi connectivity index (χ1n) is 15.7. The van der Waals surface area contributed by atoms with Gasteiger partial charge in [0.15, 0.2) is 5.82 Å². The van der Waals surface area contributed by atoms with Crippen molar-refractivity contribution >= 4 is 53.5 Å². The second-order valence-electron chi connectivity index (χ2n) is 12.3. The zero-order valence-electron chi connectivity index (χ0n) is 28.3. The van der Waals surface area contributed by atoms with Gasteiger partial charge in [0.25, 0.3) is 5.91 Å². The van der Waals surface area contributed by atoms with E-state index in [-0.39, 0.29) is 76.6 Å². The molecule has 4 amide bonds. The third-order valence-corrected chi connectivity index (χ3v) is 8.07. The molecule has 1 aromatic rings. The lowest BCUT2D eigenvalue weighted by molar-refractivity contribution is -0.143. The second-order valence-corrected chi connectivity index (χ2v) is 13.6. The number of hydrogen-bond acceptors (Lipinski definition) is 13. The highest BCUT2D eigenvalue weighted by Crippen LogP contribution is 2.35. The molecule has 0 bridgehead atoms. The van der Waals surface area contributed by atoms with Crippen LogP contribution in [0.25, 0.3) is 0 Å². The Morgan fingerprint density at radius 1 is 0.980 bits per heavy atom. The SMILES string of the molecule is CC(C)(CC(C)(C)c1nnn[nH]1)C(=O)N[S+]([O-])CCCC(=O)NCCOCCOCC(=O)NC(CCC(=O)NC(C=O)CCC=O)C(=O)O. The van der Waals surface area contributed by atoms with E-state index in [9.17, 15) is 43.2 Å². The summed E-state index contributed by atoms with van der Waals surface area (Å²) in [7, 11) is 0. The van der Waals surface area contributed by atoms with Crippen LogP contribution < -0.4 is 20.7 Å². The monoisotopic (exact) mass is 716 g/mol. The Morgan fingerprint density at radius 2 is 1.69 bits per heavy atom. The van der Waals surface area contributed by atoms with Gasteiger partial charge in [0, 0.05) is 43.1 Å². The zero-order valence-corrected chi connectivity index (χ0v) is 29.1. The molecule has 0 aromatic carbocycles. The molecule has 20 heteroatoms. The molecule has 0 spiro atoms. The van der Waals surface area contributed by atoms with Crippen LogP contribution in [0.3, 0.4) is 0 Å². The van der Waals surface area contributed by atoms with E-state index in [2.05, 4.69) is 41.3 Å². The van der Waals surface area contributed by atoms with Crippen LogP contribution in [0.15, 0.2) is 0 Å². The fraction of sp³-hybridized carbons (Fsp3) is 0.724. The fourth-order valence-electron chi connectivity index (χ4n) is 4.58.